The van der Waals surface area contributed by atoms with Crippen molar-refractivity contribution in [3.63, 3.8) is 0 Å². The van der Waals surface area contributed by atoms with Crippen molar-refractivity contribution in [1.29, 1.82) is 0 Å². The Kier molecular flexibility index (Phi) is 12.9. The van der Waals surface area contributed by atoms with Crippen LogP contribution in [0.1, 0.15) is 23.4 Å². The van der Waals surface area contributed by atoms with Crippen molar-refractivity contribution >= 4 is 29.9 Å². The van der Waals surface area contributed by atoms with Gasteiger partial charge in [0.2, 0.25) is 0 Å². The summed E-state index contributed by atoms with van der Waals surface area (Å²) < 4.78 is 12.3. The fourth-order valence-corrected chi connectivity index (χ4v) is 2.33. The average molecular weight is 453 g/mol. The maximum absolute atomic E-state index is 5.42. The number of nitrogens with zero attached hydrogens (tertiary/aromatic N) is 3. The molecular formula is C16H32IN5O2. The Balaban J connectivity index is 0.00000529. The Morgan fingerprint density at radius 1 is 1.17 bits per heavy atom. The molecule has 140 valence electrons. The highest BCUT2D eigenvalue weighted by Gasteiger charge is 2.08. The molecule has 0 bridgehead atoms. The highest BCUT2D eigenvalue weighted by atomic mass is 127. The molecule has 0 amide bonds. The van der Waals surface area contributed by atoms with Crippen molar-refractivity contribution in [2.45, 2.75) is 26.7 Å². The van der Waals surface area contributed by atoms with Crippen LogP contribution >= 0.6 is 24.0 Å². The second-order valence-corrected chi connectivity index (χ2v) is 5.41. The number of halogens is 1. The lowest BCUT2D eigenvalue weighted by molar-refractivity contribution is 0.0698. The van der Waals surface area contributed by atoms with E-state index >= 15 is 0 Å². The van der Waals surface area contributed by atoms with Crippen molar-refractivity contribution < 1.29 is 9.47 Å². The van der Waals surface area contributed by atoms with Crippen LogP contribution in [-0.2, 0) is 22.9 Å². The van der Waals surface area contributed by atoms with E-state index in [-0.39, 0.29) is 24.0 Å². The number of aromatic nitrogens is 2. The van der Waals surface area contributed by atoms with Crippen LogP contribution in [0.5, 0.6) is 0 Å². The van der Waals surface area contributed by atoms with E-state index in [9.17, 15) is 0 Å². The van der Waals surface area contributed by atoms with E-state index in [1.54, 1.807) is 14.2 Å². The normalized spacial score (nSPS) is 11.3. The molecule has 1 heterocycles. The van der Waals surface area contributed by atoms with Crippen LogP contribution < -0.4 is 10.6 Å². The first-order valence-corrected chi connectivity index (χ1v) is 8.10. The van der Waals surface area contributed by atoms with E-state index in [2.05, 4.69) is 34.6 Å². The smallest absolute Gasteiger partial charge is 0.190 e. The zero-order valence-corrected chi connectivity index (χ0v) is 17.8. The summed E-state index contributed by atoms with van der Waals surface area (Å²) in [5.74, 6) is 0.820. The predicted molar refractivity (Wildman–Crippen MR) is 108 cm³/mol. The lowest BCUT2D eigenvalue weighted by Crippen LogP contribution is -2.39. The lowest BCUT2D eigenvalue weighted by atomic mass is 10.1. The van der Waals surface area contributed by atoms with Gasteiger partial charge in [-0.1, -0.05) is 0 Å². The number of hydrogen-bond donors (Lipinski definition) is 2. The van der Waals surface area contributed by atoms with Gasteiger partial charge in [0.05, 0.1) is 18.9 Å². The number of guanidine groups is 1. The lowest BCUT2D eigenvalue weighted by Gasteiger charge is -2.12. The molecule has 0 fully saturated rings. The van der Waals surface area contributed by atoms with Crippen molar-refractivity contribution in [2.24, 2.45) is 12.0 Å². The fraction of sp³-hybridized carbons (Fsp3) is 0.750. The van der Waals surface area contributed by atoms with Gasteiger partial charge < -0.3 is 20.1 Å². The zero-order valence-electron chi connectivity index (χ0n) is 15.5. The summed E-state index contributed by atoms with van der Waals surface area (Å²) in [7, 11) is 5.44. The molecule has 0 spiro atoms. The summed E-state index contributed by atoms with van der Waals surface area (Å²) in [6.45, 7) is 7.83. The van der Waals surface area contributed by atoms with Crippen LogP contribution in [0.25, 0.3) is 0 Å². The van der Waals surface area contributed by atoms with Crippen LogP contribution in [-0.4, -0.2) is 62.8 Å². The van der Waals surface area contributed by atoms with E-state index in [0.29, 0.717) is 13.2 Å². The molecule has 0 aromatic carbocycles. The molecule has 0 aliphatic heterocycles. The van der Waals surface area contributed by atoms with Gasteiger partial charge in [-0.3, -0.25) is 9.67 Å². The average Bonchev–Trinajstić information content (AvgIpc) is 2.78. The largest absolute Gasteiger partial charge is 0.382 e. The molecule has 7 nitrogen and oxygen atoms in total. The van der Waals surface area contributed by atoms with Gasteiger partial charge in [0.15, 0.2) is 5.96 Å². The summed E-state index contributed by atoms with van der Waals surface area (Å²) in [4.78, 5) is 4.23. The van der Waals surface area contributed by atoms with Gasteiger partial charge in [-0.25, -0.2) is 0 Å². The molecule has 2 N–H and O–H groups in total. The van der Waals surface area contributed by atoms with Crippen LogP contribution in [0.3, 0.4) is 0 Å². The Hall–Kier alpha value is -0.870. The Morgan fingerprint density at radius 2 is 1.88 bits per heavy atom. The second kappa shape index (κ2) is 13.4. The van der Waals surface area contributed by atoms with E-state index in [0.717, 1.165) is 44.2 Å². The van der Waals surface area contributed by atoms with Gasteiger partial charge in [-0.15, -0.1) is 24.0 Å². The van der Waals surface area contributed by atoms with Gasteiger partial charge in [0.25, 0.3) is 0 Å². The topological polar surface area (TPSA) is 72.7 Å². The van der Waals surface area contributed by atoms with Crippen molar-refractivity contribution in [3.8, 4) is 0 Å². The first-order chi connectivity index (χ1) is 11.1. The fourth-order valence-electron chi connectivity index (χ4n) is 2.33. The van der Waals surface area contributed by atoms with E-state index in [1.807, 2.05) is 11.7 Å². The van der Waals surface area contributed by atoms with Gasteiger partial charge in [0.1, 0.15) is 0 Å². The molecule has 0 aliphatic carbocycles. The molecule has 0 unspecified atom stereocenters. The minimum absolute atomic E-state index is 0. The number of ether oxygens (including phenoxy) is 2. The molecule has 0 aliphatic rings. The molecule has 0 saturated carbocycles. The number of aryl methyl sites for hydroxylation is 2. The monoisotopic (exact) mass is 453 g/mol. The summed E-state index contributed by atoms with van der Waals surface area (Å²) in [6, 6.07) is 0. The molecule has 0 atom stereocenters. The molecule has 1 rings (SSSR count). The summed E-state index contributed by atoms with van der Waals surface area (Å²) >= 11 is 0. The standard InChI is InChI=1S/C16H31N5O2.HI/c1-13-15(14(2)21(4)20-13)7-9-19-16(17-3)18-8-6-10-23-12-11-22-5;/h6-12H2,1-5H3,(H2,17,18,19);1H. The molecular weight excluding hydrogens is 421 g/mol. The molecule has 8 heteroatoms. The number of methoxy groups -OCH3 is 1. The molecule has 1 aromatic heterocycles. The Labute approximate surface area is 162 Å². The maximum atomic E-state index is 5.42. The minimum atomic E-state index is 0. The maximum Gasteiger partial charge on any atom is 0.190 e. The first kappa shape index (κ1) is 23.1. The van der Waals surface area contributed by atoms with Crippen LogP contribution in [0.4, 0.5) is 0 Å². The SMILES string of the molecule is CN=C(NCCCOCCOC)NCCc1c(C)nn(C)c1C.I. The molecule has 24 heavy (non-hydrogen) atoms. The third-order valence-electron chi connectivity index (χ3n) is 3.74. The molecule has 0 saturated heterocycles. The van der Waals surface area contributed by atoms with Gasteiger partial charge >= 0.3 is 0 Å². The second-order valence-electron chi connectivity index (χ2n) is 5.41. The number of rotatable bonds is 10. The van der Waals surface area contributed by atoms with E-state index in [1.165, 1.54) is 11.3 Å². The number of aliphatic imine (C=N–C) groups is 1. The number of hydrogen-bond acceptors (Lipinski definition) is 4. The number of nitrogens with one attached hydrogen (secondary N) is 2. The molecule has 1 aromatic rings. The summed E-state index contributed by atoms with van der Waals surface area (Å²) in [5.41, 5.74) is 3.63. The zero-order chi connectivity index (χ0) is 17.1. The quantitative estimate of drug-likeness (QED) is 0.243. The highest BCUT2D eigenvalue weighted by Crippen LogP contribution is 2.11. The van der Waals surface area contributed by atoms with E-state index in [4.69, 9.17) is 9.47 Å². The third kappa shape index (κ3) is 8.29. The predicted octanol–water partition coefficient (Wildman–Crippen LogP) is 1.42. The Morgan fingerprint density at radius 3 is 2.46 bits per heavy atom. The highest BCUT2D eigenvalue weighted by molar-refractivity contribution is 14.0. The Bertz CT molecular complexity index is 491. The summed E-state index contributed by atoms with van der Waals surface area (Å²) in [5, 5.41) is 11.1. The van der Waals surface area contributed by atoms with Crippen molar-refractivity contribution in [1.82, 2.24) is 20.4 Å². The van der Waals surface area contributed by atoms with Crippen LogP contribution in [0.15, 0.2) is 4.99 Å². The van der Waals surface area contributed by atoms with Gasteiger partial charge in [0, 0.05) is 46.6 Å². The van der Waals surface area contributed by atoms with Crippen molar-refractivity contribution in [2.75, 3.05) is 47.1 Å². The summed E-state index contributed by atoms with van der Waals surface area (Å²) in [6.07, 6.45) is 1.87. The van der Waals surface area contributed by atoms with Gasteiger partial charge in [-0.05, 0) is 32.3 Å². The van der Waals surface area contributed by atoms with Gasteiger partial charge in [-0.2, -0.15) is 5.10 Å². The first-order valence-electron chi connectivity index (χ1n) is 8.10. The van der Waals surface area contributed by atoms with E-state index < -0.39 is 0 Å². The van der Waals surface area contributed by atoms with Crippen LogP contribution in [0, 0.1) is 13.8 Å². The van der Waals surface area contributed by atoms with Crippen molar-refractivity contribution in [3.05, 3.63) is 17.0 Å². The van der Waals surface area contributed by atoms with Crippen LogP contribution in [0.2, 0.25) is 0 Å². The molecule has 0 radical (unpaired) electrons. The third-order valence-corrected chi connectivity index (χ3v) is 3.74. The minimum Gasteiger partial charge on any atom is -0.382 e.